The number of aromatic nitrogens is 3. The van der Waals surface area contributed by atoms with Crippen molar-refractivity contribution >= 4 is 17.6 Å². The minimum Gasteiger partial charge on any atom is -0.379 e. The Hall–Kier alpha value is -2.41. The van der Waals surface area contributed by atoms with Crippen LogP contribution in [0, 0.1) is 10.8 Å². The number of hydrogen-bond acceptors (Lipinski definition) is 9. The second-order valence-electron chi connectivity index (χ2n) is 12.4. The third-order valence-electron chi connectivity index (χ3n) is 7.08. The summed E-state index contributed by atoms with van der Waals surface area (Å²) in [5.74, 6) is -0.288. The van der Waals surface area contributed by atoms with Crippen molar-refractivity contribution in [2.75, 3.05) is 65.9 Å². The largest absolute Gasteiger partial charge is 0.379 e. The molecule has 12 heteroatoms. The van der Waals surface area contributed by atoms with Gasteiger partial charge in [0.05, 0.1) is 65.1 Å². The molecule has 0 radical (unpaired) electrons. The summed E-state index contributed by atoms with van der Waals surface area (Å²) in [5.41, 5.74) is 0.826. The fourth-order valence-electron chi connectivity index (χ4n) is 3.75. The second-order valence-corrected chi connectivity index (χ2v) is 12.4. The van der Waals surface area contributed by atoms with Crippen LogP contribution in [0.2, 0.25) is 0 Å². The Labute approximate surface area is 258 Å². The molecule has 1 aromatic rings. The molecule has 0 bridgehead atoms. The van der Waals surface area contributed by atoms with E-state index in [9.17, 15) is 14.4 Å². The topological polar surface area (TPSA) is 143 Å². The van der Waals surface area contributed by atoms with Crippen molar-refractivity contribution in [3.63, 3.8) is 0 Å². The summed E-state index contributed by atoms with van der Waals surface area (Å²) in [4.78, 5) is 35.8. The van der Waals surface area contributed by atoms with Gasteiger partial charge in [0.1, 0.15) is 5.78 Å². The molecule has 0 aromatic carbocycles. The molecule has 0 saturated carbocycles. The number of unbranched alkanes of at least 4 members (excludes halogenated alkanes) is 1. The first kappa shape index (κ1) is 38.6. The molecule has 2 amide bonds. The lowest BCUT2D eigenvalue weighted by molar-refractivity contribution is -0.127. The maximum Gasteiger partial charge on any atom is 0.239 e. The van der Waals surface area contributed by atoms with Crippen molar-refractivity contribution in [2.24, 2.45) is 10.8 Å². The molecule has 0 unspecified atom stereocenters. The fourth-order valence-corrected chi connectivity index (χ4v) is 3.75. The molecule has 43 heavy (non-hydrogen) atoms. The average Bonchev–Trinajstić information content (AvgIpc) is 3.42. The van der Waals surface area contributed by atoms with Crippen molar-refractivity contribution in [1.29, 1.82) is 0 Å². The number of nitrogens with zero attached hydrogens (tertiary/aromatic N) is 3. The SMILES string of the molecule is CCC(C)(C)CCCCn1cc(CCC(=O)NCC(=O)NCCOCCOCCOCCOCCC(=O)C(C)(C)C)nn1. The molecular formula is C31H57N5O7. The zero-order valence-electron chi connectivity index (χ0n) is 27.5. The number of Topliss-reactive ketones (excluding diaryl/α,β-unsaturated/α-hetero) is 1. The highest BCUT2D eigenvalue weighted by Crippen LogP contribution is 2.26. The molecule has 1 heterocycles. The molecule has 2 N–H and O–H groups in total. The molecule has 0 aliphatic heterocycles. The van der Waals surface area contributed by atoms with Crippen molar-refractivity contribution < 1.29 is 33.3 Å². The number of carbonyl (C=O) groups excluding carboxylic acids is 3. The van der Waals surface area contributed by atoms with E-state index in [0.717, 1.165) is 25.1 Å². The lowest BCUT2D eigenvalue weighted by atomic mass is 9.85. The number of nitrogens with one attached hydrogen (secondary N) is 2. The van der Waals surface area contributed by atoms with Gasteiger partial charge in [0.2, 0.25) is 11.8 Å². The minimum atomic E-state index is -0.328. The molecular weight excluding hydrogens is 554 g/mol. The summed E-state index contributed by atoms with van der Waals surface area (Å²) in [6.45, 7) is 17.0. The molecule has 0 spiro atoms. The van der Waals surface area contributed by atoms with Crippen LogP contribution in [0.25, 0.3) is 0 Å². The van der Waals surface area contributed by atoms with Crippen LogP contribution >= 0.6 is 0 Å². The fraction of sp³-hybridized carbons (Fsp3) is 0.839. The van der Waals surface area contributed by atoms with Crippen LogP contribution in [0.4, 0.5) is 0 Å². The maximum atomic E-state index is 12.1. The van der Waals surface area contributed by atoms with Crippen LogP contribution in [-0.4, -0.2) is 98.5 Å². The van der Waals surface area contributed by atoms with E-state index in [1.54, 1.807) is 0 Å². The predicted octanol–water partition coefficient (Wildman–Crippen LogP) is 3.12. The zero-order valence-corrected chi connectivity index (χ0v) is 27.5. The molecule has 1 aromatic heterocycles. The standard InChI is InChI=1S/C31H57N5O7/c1-7-31(5,6)13-8-9-15-36-25-26(34-35-36)10-11-28(38)33-24-29(39)32-14-17-41-19-21-43-23-22-42-20-18-40-16-12-27(37)30(2,3)4/h25H,7-24H2,1-6H3,(H,32,39)(H,33,38). The lowest BCUT2D eigenvalue weighted by Gasteiger charge is -2.22. The number of hydrogen-bond donors (Lipinski definition) is 2. The molecule has 248 valence electrons. The quantitative estimate of drug-likeness (QED) is 0.151. The van der Waals surface area contributed by atoms with Gasteiger partial charge in [-0.2, -0.15) is 0 Å². The Morgan fingerprint density at radius 1 is 0.791 bits per heavy atom. The van der Waals surface area contributed by atoms with E-state index in [1.807, 2.05) is 31.6 Å². The van der Waals surface area contributed by atoms with Crippen molar-refractivity contribution in [3.8, 4) is 0 Å². The summed E-state index contributed by atoms with van der Waals surface area (Å²) >= 11 is 0. The highest BCUT2D eigenvalue weighted by atomic mass is 16.6. The van der Waals surface area contributed by atoms with Crippen LogP contribution in [0.15, 0.2) is 6.20 Å². The number of ketones is 1. The van der Waals surface area contributed by atoms with E-state index in [1.165, 1.54) is 12.8 Å². The third-order valence-corrected chi connectivity index (χ3v) is 7.08. The minimum absolute atomic E-state index is 0.0805. The van der Waals surface area contributed by atoms with Crippen LogP contribution in [0.5, 0.6) is 0 Å². The van der Waals surface area contributed by atoms with E-state index in [-0.39, 0.29) is 36.0 Å². The van der Waals surface area contributed by atoms with Crippen molar-refractivity contribution in [2.45, 2.75) is 93.0 Å². The Morgan fingerprint density at radius 3 is 2.00 bits per heavy atom. The Balaban J connectivity index is 1.92. The van der Waals surface area contributed by atoms with E-state index >= 15 is 0 Å². The number of aryl methyl sites for hydroxylation is 2. The van der Waals surface area contributed by atoms with Gasteiger partial charge < -0.3 is 29.6 Å². The van der Waals surface area contributed by atoms with Gasteiger partial charge in [0.25, 0.3) is 0 Å². The Morgan fingerprint density at radius 2 is 1.40 bits per heavy atom. The molecule has 0 aliphatic carbocycles. The highest BCUT2D eigenvalue weighted by Gasteiger charge is 2.20. The monoisotopic (exact) mass is 611 g/mol. The van der Waals surface area contributed by atoms with Crippen molar-refractivity contribution in [1.82, 2.24) is 25.6 Å². The normalized spacial score (nSPS) is 12.0. The number of carbonyl (C=O) groups is 3. The van der Waals surface area contributed by atoms with Gasteiger partial charge in [0, 0.05) is 44.0 Å². The first-order valence-corrected chi connectivity index (χ1v) is 15.7. The van der Waals surface area contributed by atoms with Crippen LogP contribution in [0.1, 0.15) is 85.8 Å². The van der Waals surface area contributed by atoms with E-state index < -0.39 is 0 Å². The lowest BCUT2D eigenvalue weighted by Crippen LogP contribution is -2.38. The van der Waals surface area contributed by atoms with Gasteiger partial charge in [-0.1, -0.05) is 59.6 Å². The van der Waals surface area contributed by atoms with Crippen LogP contribution < -0.4 is 10.6 Å². The molecule has 0 aliphatic rings. The van der Waals surface area contributed by atoms with Gasteiger partial charge in [-0.3, -0.25) is 19.1 Å². The van der Waals surface area contributed by atoms with Gasteiger partial charge >= 0.3 is 0 Å². The van der Waals surface area contributed by atoms with Crippen molar-refractivity contribution in [3.05, 3.63) is 11.9 Å². The molecule has 0 saturated heterocycles. The zero-order chi connectivity index (χ0) is 32.0. The summed E-state index contributed by atoms with van der Waals surface area (Å²) < 4.78 is 23.5. The van der Waals surface area contributed by atoms with Gasteiger partial charge in [-0.25, -0.2) is 0 Å². The molecule has 0 atom stereocenters. The summed E-state index contributed by atoms with van der Waals surface area (Å²) in [6, 6.07) is 0. The first-order chi connectivity index (χ1) is 20.4. The van der Waals surface area contributed by atoms with Gasteiger partial charge in [0.15, 0.2) is 0 Å². The number of ether oxygens (including phenoxy) is 4. The summed E-state index contributed by atoms with van der Waals surface area (Å²) in [7, 11) is 0. The average molecular weight is 612 g/mol. The summed E-state index contributed by atoms with van der Waals surface area (Å²) in [6.07, 6.45) is 7.61. The number of amides is 2. The van der Waals surface area contributed by atoms with E-state index in [4.69, 9.17) is 18.9 Å². The maximum absolute atomic E-state index is 12.1. The highest BCUT2D eigenvalue weighted by molar-refractivity contribution is 5.84. The van der Waals surface area contributed by atoms with Gasteiger partial charge in [-0.05, 0) is 18.3 Å². The summed E-state index contributed by atoms with van der Waals surface area (Å²) in [5, 5.41) is 13.6. The van der Waals surface area contributed by atoms with E-state index in [2.05, 4.69) is 41.7 Å². The van der Waals surface area contributed by atoms with E-state index in [0.29, 0.717) is 77.7 Å². The van der Waals surface area contributed by atoms with Crippen LogP contribution in [0.3, 0.4) is 0 Å². The Bertz CT molecular complexity index is 915. The molecule has 12 nitrogen and oxygen atoms in total. The predicted molar refractivity (Wildman–Crippen MR) is 165 cm³/mol. The molecule has 1 rings (SSSR count). The molecule has 0 fully saturated rings. The second kappa shape index (κ2) is 22.2. The van der Waals surface area contributed by atoms with Gasteiger partial charge in [-0.15, -0.1) is 5.10 Å². The Kier molecular flexibility index (Phi) is 19.9. The van der Waals surface area contributed by atoms with Crippen LogP contribution in [-0.2, 0) is 46.3 Å². The smallest absolute Gasteiger partial charge is 0.239 e. The third kappa shape index (κ3) is 21.0. The first-order valence-electron chi connectivity index (χ1n) is 15.7. The number of rotatable bonds is 26.